The number of carbonyl (C=O) groups excluding carboxylic acids is 2. The average molecular weight is 317 g/mol. The molecule has 2 aliphatic rings. The number of anilines is 1. The van der Waals surface area contributed by atoms with Crippen molar-refractivity contribution in [3.8, 4) is 0 Å². The normalized spacial score (nSPS) is 24.0. The molecule has 2 N–H and O–H groups in total. The summed E-state index contributed by atoms with van der Waals surface area (Å²) in [5.41, 5.74) is 2.04. The van der Waals surface area contributed by atoms with Gasteiger partial charge in [0.05, 0.1) is 12.1 Å². The highest BCUT2D eigenvalue weighted by atomic mass is 16.5. The smallest absolute Gasteiger partial charge is 0.315 e. The molecule has 6 nitrogen and oxygen atoms in total. The summed E-state index contributed by atoms with van der Waals surface area (Å²) in [6, 6.07) is 7.45. The SMILES string of the molecule is Cc1ccc(N2CC(NC(=O)NCC3CCCO3)CC2=O)cc1. The van der Waals surface area contributed by atoms with Crippen molar-refractivity contribution in [3.63, 3.8) is 0 Å². The van der Waals surface area contributed by atoms with E-state index in [2.05, 4.69) is 10.6 Å². The molecule has 0 bridgehead atoms. The maximum atomic E-state index is 12.2. The number of aryl methyl sites for hydroxylation is 1. The van der Waals surface area contributed by atoms with Gasteiger partial charge in [0.1, 0.15) is 0 Å². The highest BCUT2D eigenvalue weighted by Gasteiger charge is 2.31. The van der Waals surface area contributed by atoms with Crippen molar-refractivity contribution in [2.75, 3.05) is 24.6 Å². The highest BCUT2D eigenvalue weighted by Crippen LogP contribution is 2.21. The molecule has 2 atom stereocenters. The predicted octanol–water partition coefficient (Wildman–Crippen LogP) is 1.58. The molecule has 0 saturated carbocycles. The van der Waals surface area contributed by atoms with E-state index < -0.39 is 0 Å². The summed E-state index contributed by atoms with van der Waals surface area (Å²) in [7, 11) is 0. The first-order valence-electron chi connectivity index (χ1n) is 8.15. The van der Waals surface area contributed by atoms with Crippen molar-refractivity contribution in [3.05, 3.63) is 29.8 Å². The molecule has 1 aromatic carbocycles. The monoisotopic (exact) mass is 317 g/mol. The number of hydrogen-bond acceptors (Lipinski definition) is 3. The Morgan fingerprint density at radius 3 is 2.83 bits per heavy atom. The van der Waals surface area contributed by atoms with E-state index in [-0.39, 0.29) is 24.1 Å². The number of nitrogens with zero attached hydrogens (tertiary/aromatic N) is 1. The number of urea groups is 1. The van der Waals surface area contributed by atoms with Crippen LogP contribution in [0.25, 0.3) is 0 Å². The van der Waals surface area contributed by atoms with Crippen LogP contribution in [-0.4, -0.2) is 43.8 Å². The molecule has 23 heavy (non-hydrogen) atoms. The Hall–Kier alpha value is -2.08. The van der Waals surface area contributed by atoms with Crippen molar-refractivity contribution in [2.45, 2.75) is 38.3 Å². The molecule has 2 saturated heterocycles. The molecule has 2 fully saturated rings. The highest BCUT2D eigenvalue weighted by molar-refractivity contribution is 5.96. The van der Waals surface area contributed by atoms with E-state index in [1.54, 1.807) is 4.90 Å². The van der Waals surface area contributed by atoms with E-state index >= 15 is 0 Å². The number of benzene rings is 1. The van der Waals surface area contributed by atoms with E-state index in [1.807, 2.05) is 31.2 Å². The fraction of sp³-hybridized carbons (Fsp3) is 0.529. The average Bonchev–Trinajstić information content (AvgIpc) is 3.16. The fourth-order valence-corrected chi connectivity index (χ4v) is 3.03. The van der Waals surface area contributed by atoms with Gasteiger partial charge in [-0.1, -0.05) is 17.7 Å². The zero-order valence-corrected chi connectivity index (χ0v) is 13.4. The second-order valence-corrected chi connectivity index (χ2v) is 6.23. The number of amides is 3. The van der Waals surface area contributed by atoms with Crippen molar-refractivity contribution in [1.29, 1.82) is 0 Å². The number of ether oxygens (including phenoxy) is 1. The van der Waals surface area contributed by atoms with Crippen LogP contribution < -0.4 is 15.5 Å². The van der Waals surface area contributed by atoms with Crippen molar-refractivity contribution in [2.24, 2.45) is 0 Å². The lowest BCUT2D eigenvalue weighted by Gasteiger charge is -2.18. The molecule has 0 spiro atoms. The third-order valence-corrected chi connectivity index (χ3v) is 4.32. The summed E-state index contributed by atoms with van der Waals surface area (Å²) in [6.45, 7) is 3.82. The van der Waals surface area contributed by atoms with Gasteiger partial charge in [0.15, 0.2) is 0 Å². The second kappa shape index (κ2) is 7.00. The fourth-order valence-electron chi connectivity index (χ4n) is 3.03. The minimum atomic E-state index is -0.232. The van der Waals surface area contributed by atoms with Crippen molar-refractivity contribution in [1.82, 2.24) is 10.6 Å². The lowest BCUT2D eigenvalue weighted by atomic mass is 10.2. The zero-order valence-electron chi connectivity index (χ0n) is 13.4. The van der Waals surface area contributed by atoms with Crippen LogP contribution in [-0.2, 0) is 9.53 Å². The zero-order chi connectivity index (χ0) is 16.2. The maximum absolute atomic E-state index is 12.2. The lowest BCUT2D eigenvalue weighted by molar-refractivity contribution is -0.117. The van der Waals surface area contributed by atoms with Gasteiger partial charge in [-0.05, 0) is 31.9 Å². The Labute approximate surface area is 136 Å². The van der Waals surface area contributed by atoms with Gasteiger partial charge in [0.2, 0.25) is 5.91 Å². The van der Waals surface area contributed by atoms with E-state index in [1.165, 1.54) is 0 Å². The quantitative estimate of drug-likeness (QED) is 0.886. The number of rotatable bonds is 4. The van der Waals surface area contributed by atoms with Crippen LogP contribution in [0.5, 0.6) is 0 Å². The van der Waals surface area contributed by atoms with Crippen molar-refractivity contribution >= 4 is 17.6 Å². The van der Waals surface area contributed by atoms with Crippen LogP contribution in [0.3, 0.4) is 0 Å². The van der Waals surface area contributed by atoms with Gasteiger partial charge in [-0.2, -0.15) is 0 Å². The molecule has 2 unspecified atom stereocenters. The van der Waals surface area contributed by atoms with Crippen LogP contribution in [0.2, 0.25) is 0 Å². The summed E-state index contributed by atoms with van der Waals surface area (Å²) in [5, 5.41) is 5.70. The Kier molecular flexibility index (Phi) is 4.81. The van der Waals surface area contributed by atoms with Crippen LogP contribution in [0.1, 0.15) is 24.8 Å². The van der Waals surface area contributed by atoms with Crippen LogP contribution in [0, 0.1) is 6.92 Å². The van der Waals surface area contributed by atoms with Gasteiger partial charge >= 0.3 is 6.03 Å². The summed E-state index contributed by atoms with van der Waals surface area (Å²) in [5.74, 6) is 0.0401. The molecule has 0 aromatic heterocycles. The van der Waals surface area contributed by atoms with E-state index in [0.29, 0.717) is 19.5 Å². The third-order valence-electron chi connectivity index (χ3n) is 4.32. The van der Waals surface area contributed by atoms with Gasteiger partial charge in [-0.25, -0.2) is 4.79 Å². The summed E-state index contributed by atoms with van der Waals surface area (Å²) in [6.07, 6.45) is 2.50. The van der Waals surface area contributed by atoms with Gasteiger partial charge in [-0.15, -0.1) is 0 Å². The van der Waals surface area contributed by atoms with Gasteiger partial charge in [0, 0.05) is 31.8 Å². The second-order valence-electron chi connectivity index (χ2n) is 6.23. The topological polar surface area (TPSA) is 70.7 Å². The number of hydrogen-bond donors (Lipinski definition) is 2. The van der Waals surface area contributed by atoms with Crippen LogP contribution in [0.4, 0.5) is 10.5 Å². The standard InChI is InChI=1S/C17H23N3O3/c1-12-4-6-14(7-5-12)20-11-13(9-16(20)21)19-17(22)18-10-15-3-2-8-23-15/h4-7,13,15H,2-3,8-11H2,1H3,(H2,18,19,22). The Morgan fingerprint density at radius 2 is 2.13 bits per heavy atom. The van der Waals surface area contributed by atoms with Crippen molar-refractivity contribution < 1.29 is 14.3 Å². The minimum absolute atomic E-state index is 0.0401. The molecule has 2 aliphatic heterocycles. The molecule has 3 rings (SSSR count). The molecular weight excluding hydrogens is 294 g/mol. The summed E-state index contributed by atoms with van der Waals surface area (Å²) >= 11 is 0. The van der Waals surface area contributed by atoms with Crippen LogP contribution >= 0.6 is 0 Å². The Balaban J connectivity index is 1.48. The molecule has 124 valence electrons. The molecule has 0 radical (unpaired) electrons. The maximum Gasteiger partial charge on any atom is 0.315 e. The first-order chi connectivity index (χ1) is 11.1. The summed E-state index contributed by atoms with van der Waals surface area (Å²) < 4.78 is 5.47. The lowest BCUT2D eigenvalue weighted by Crippen LogP contribution is -2.45. The molecule has 2 heterocycles. The first-order valence-corrected chi connectivity index (χ1v) is 8.15. The first kappa shape index (κ1) is 15.8. The Bertz CT molecular complexity index is 567. The van der Waals surface area contributed by atoms with E-state index in [9.17, 15) is 9.59 Å². The molecule has 1 aromatic rings. The molecular formula is C17H23N3O3. The van der Waals surface area contributed by atoms with Gasteiger partial charge in [0.25, 0.3) is 0 Å². The molecule has 0 aliphatic carbocycles. The summed E-state index contributed by atoms with van der Waals surface area (Å²) in [4.78, 5) is 25.8. The van der Waals surface area contributed by atoms with E-state index in [0.717, 1.165) is 30.7 Å². The van der Waals surface area contributed by atoms with Crippen LogP contribution in [0.15, 0.2) is 24.3 Å². The number of nitrogens with one attached hydrogen (secondary N) is 2. The largest absolute Gasteiger partial charge is 0.376 e. The third kappa shape index (κ3) is 4.01. The van der Waals surface area contributed by atoms with Gasteiger partial charge in [-0.3, -0.25) is 4.79 Å². The molecule has 3 amide bonds. The van der Waals surface area contributed by atoms with E-state index in [4.69, 9.17) is 4.74 Å². The predicted molar refractivity (Wildman–Crippen MR) is 87.4 cm³/mol. The van der Waals surface area contributed by atoms with Gasteiger partial charge < -0.3 is 20.3 Å². The molecule has 6 heteroatoms. The minimum Gasteiger partial charge on any atom is -0.376 e. The Morgan fingerprint density at radius 1 is 1.35 bits per heavy atom. The number of carbonyl (C=O) groups is 2.